The van der Waals surface area contributed by atoms with Crippen molar-refractivity contribution in [2.75, 3.05) is 12.9 Å². The zero-order chi connectivity index (χ0) is 26.7. The smallest absolute Gasteiger partial charge is 0.330 e. The molecule has 1 aliphatic heterocycles. The van der Waals surface area contributed by atoms with Crippen LogP contribution in [-0.4, -0.2) is 38.0 Å². The second-order valence-corrected chi connectivity index (χ2v) is 11.1. The fraction of sp³-hybridized carbons (Fsp3) is 0.267. The van der Waals surface area contributed by atoms with Gasteiger partial charge >= 0.3 is 5.69 Å². The van der Waals surface area contributed by atoms with Crippen LogP contribution in [0.5, 0.6) is 0 Å². The van der Waals surface area contributed by atoms with Crippen molar-refractivity contribution < 1.29 is 13.7 Å². The summed E-state index contributed by atoms with van der Waals surface area (Å²) in [5.74, 6) is 0. The number of hydrogen-bond donors (Lipinski definition) is 1. The van der Waals surface area contributed by atoms with E-state index in [0.717, 1.165) is 16.7 Å². The van der Waals surface area contributed by atoms with Crippen molar-refractivity contribution in [2.45, 2.75) is 36.5 Å². The normalized spacial score (nSPS) is 20.3. The third kappa shape index (κ3) is 4.95. The number of aromatic nitrogens is 2. The minimum atomic E-state index is -1.24. The number of aromatic amines is 1. The number of ether oxygens (including phenoxy) is 2. The monoisotopic (exact) mass is 530 g/mol. The van der Waals surface area contributed by atoms with E-state index in [0.29, 0.717) is 12.0 Å². The predicted octanol–water partition coefficient (Wildman–Crippen LogP) is 3.89. The minimum Gasteiger partial charge on any atom is -0.358 e. The Morgan fingerprint density at radius 2 is 1.42 bits per heavy atom. The van der Waals surface area contributed by atoms with Gasteiger partial charge in [-0.15, -0.1) is 0 Å². The van der Waals surface area contributed by atoms with E-state index in [1.807, 2.05) is 91.0 Å². The maximum absolute atomic E-state index is 12.8. The molecule has 0 radical (unpaired) electrons. The Morgan fingerprint density at radius 3 is 1.89 bits per heavy atom. The molecule has 0 saturated carbocycles. The molecule has 0 aliphatic carbocycles. The van der Waals surface area contributed by atoms with Gasteiger partial charge in [-0.1, -0.05) is 91.0 Å². The van der Waals surface area contributed by atoms with Gasteiger partial charge in [0.15, 0.2) is 0 Å². The zero-order valence-electron chi connectivity index (χ0n) is 21.3. The van der Waals surface area contributed by atoms with E-state index >= 15 is 0 Å². The van der Waals surface area contributed by atoms with Gasteiger partial charge in [-0.05, 0) is 23.6 Å². The molecule has 0 spiro atoms. The molecule has 1 fully saturated rings. The molecule has 7 nitrogen and oxygen atoms in total. The molecule has 0 bridgehead atoms. The Hall–Kier alpha value is -3.59. The highest BCUT2D eigenvalue weighted by atomic mass is 32.2. The predicted molar refractivity (Wildman–Crippen MR) is 148 cm³/mol. The number of benzene rings is 3. The number of nitrogens with one attached hydrogen (secondary N) is 1. The first-order chi connectivity index (χ1) is 18.4. The number of H-pyrrole nitrogens is 1. The summed E-state index contributed by atoms with van der Waals surface area (Å²) >= 11 is 0. The van der Waals surface area contributed by atoms with Crippen molar-refractivity contribution in [1.82, 2.24) is 9.55 Å². The van der Waals surface area contributed by atoms with E-state index in [-0.39, 0.29) is 11.9 Å². The molecule has 38 heavy (non-hydrogen) atoms. The van der Waals surface area contributed by atoms with Crippen molar-refractivity contribution in [2.24, 2.45) is 0 Å². The number of hydrogen-bond acceptors (Lipinski definition) is 5. The lowest BCUT2D eigenvalue weighted by atomic mass is 9.80. The quantitative estimate of drug-likeness (QED) is 0.349. The van der Waals surface area contributed by atoms with Crippen LogP contribution in [0.15, 0.2) is 107 Å². The van der Waals surface area contributed by atoms with Gasteiger partial charge in [-0.2, -0.15) is 0 Å². The van der Waals surface area contributed by atoms with Crippen molar-refractivity contribution in [3.05, 3.63) is 140 Å². The van der Waals surface area contributed by atoms with Crippen LogP contribution in [0.4, 0.5) is 0 Å². The Kier molecular flexibility index (Phi) is 7.56. The van der Waals surface area contributed by atoms with E-state index < -0.39 is 40.0 Å². The third-order valence-corrected chi connectivity index (χ3v) is 8.42. The number of rotatable bonds is 8. The largest absolute Gasteiger partial charge is 0.358 e. The molecule has 1 aromatic heterocycles. The first kappa shape index (κ1) is 26.0. The van der Waals surface area contributed by atoms with Crippen LogP contribution in [0.25, 0.3) is 0 Å². The first-order valence-corrected chi connectivity index (χ1v) is 14.1. The summed E-state index contributed by atoms with van der Waals surface area (Å²) in [5, 5.41) is -0.362. The molecule has 1 aliphatic rings. The van der Waals surface area contributed by atoms with E-state index in [1.54, 1.807) is 13.2 Å². The molecule has 8 heteroatoms. The SMILES string of the molecule is Cc1cn([C@H]2C[C@H](S(C)=O)[C@@H](COC(c3ccccc3)(c3ccccc3)c3ccccc3)O2)c(=O)[nH]c1=O. The van der Waals surface area contributed by atoms with Crippen LogP contribution in [0.2, 0.25) is 0 Å². The van der Waals surface area contributed by atoms with Crippen molar-refractivity contribution >= 4 is 10.8 Å². The van der Waals surface area contributed by atoms with Crippen molar-refractivity contribution in [3.8, 4) is 0 Å². The molecular weight excluding hydrogens is 500 g/mol. The second-order valence-electron chi connectivity index (χ2n) is 9.47. The fourth-order valence-corrected chi connectivity index (χ4v) is 6.15. The molecule has 5 rings (SSSR count). The average molecular weight is 531 g/mol. The molecule has 1 N–H and O–H groups in total. The lowest BCUT2D eigenvalue weighted by molar-refractivity contribution is -0.0766. The Morgan fingerprint density at radius 1 is 0.921 bits per heavy atom. The first-order valence-electron chi connectivity index (χ1n) is 12.5. The maximum atomic E-state index is 12.8. The highest BCUT2D eigenvalue weighted by Gasteiger charge is 2.43. The standard InChI is InChI=1S/C30H30N2O5S/c1-21-19-32(29(34)31-28(21)33)27-18-26(38(2)35)25(37-27)20-36-30(22-12-6-3-7-13-22,23-14-8-4-9-15-23)24-16-10-5-11-17-24/h3-17,19,25-27H,18,20H2,1-2H3,(H,31,33,34)/t25-,26+,27-,38?/m1/s1. The van der Waals surface area contributed by atoms with Crippen LogP contribution < -0.4 is 11.2 Å². The van der Waals surface area contributed by atoms with Crippen molar-refractivity contribution in [3.63, 3.8) is 0 Å². The lowest BCUT2D eigenvalue weighted by Crippen LogP contribution is -2.39. The lowest BCUT2D eigenvalue weighted by Gasteiger charge is -2.37. The van der Waals surface area contributed by atoms with Gasteiger partial charge < -0.3 is 9.47 Å². The van der Waals surface area contributed by atoms with Crippen molar-refractivity contribution in [1.29, 1.82) is 0 Å². The minimum absolute atomic E-state index is 0.135. The molecule has 3 aromatic carbocycles. The summed E-state index contributed by atoms with van der Waals surface area (Å²) in [5.41, 5.74) is 1.32. The fourth-order valence-electron chi connectivity index (χ4n) is 5.15. The second kappa shape index (κ2) is 11.0. The van der Waals surface area contributed by atoms with Crippen LogP contribution in [-0.2, 0) is 25.9 Å². The summed E-state index contributed by atoms with van der Waals surface area (Å²) in [6.07, 6.45) is 2.29. The molecule has 1 saturated heterocycles. The molecule has 4 atom stereocenters. The average Bonchev–Trinajstić information content (AvgIpc) is 3.37. The highest BCUT2D eigenvalue weighted by Crippen LogP contribution is 2.42. The molecule has 1 unspecified atom stereocenters. The Bertz CT molecular complexity index is 1420. The number of nitrogens with zero attached hydrogens (tertiary/aromatic N) is 1. The Labute approximate surface area is 223 Å². The van der Waals surface area contributed by atoms with E-state index in [2.05, 4.69) is 4.98 Å². The number of aryl methyl sites for hydroxylation is 1. The van der Waals surface area contributed by atoms with E-state index in [1.165, 1.54) is 10.8 Å². The Balaban J connectivity index is 1.54. The highest BCUT2D eigenvalue weighted by molar-refractivity contribution is 7.85. The topological polar surface area (TPSA) is 90.4 Å². The zero-order valence-corrected chi connectivity index (χ0v) is 22.1. The van der Waals surface area contributed by atoms with Crippen LogP contribution in [0.1, 0.15) is 34.9 Å². The molecule has 2 heterocycles. The van der Waals surface area contributed by atoms with Gasteiger partial charge in [0.1, 0.15) is 11.8 Å². The van der Waals surface area contributed by atoms with E-state index in [4.69, 9.17) is 9.47 Å². The summed E-state index contributed by atoms with van der Waals surface area (Å²) in [6.45, 7) is 1.77. The molecule has 196 valence electrons. The summed E-state index contributed by atoms with van der Waals surface area (Å²) in [7, 11) is -1.24. The van der Waals surface area contributed by atoms with Gasteiger partial charge in [0.2, 0.25) is 0 Å². The van der Waals surface area contributed by atoms with Gasteiger partial charge in [0.25, 0.3) is 5.56 Å². The van der Waals surface area contributed by atoms with Gasteiger partial charge in [0, 0.05) is 35.2 Å². The van der Waals surface area contributed by atoms with Gasteiger partial charge in [-0.25, -0.2) is 4.79 Å². The maximum Gasteiger partial charge on any atom is 0.330 e. The van der Waals surface area contributed by atoms with Crippen LogP contribution >= 0.6 is 0 Å². The van der Waals surface area contributed by atoms with Crippen LogP contribution in [0, 0.1) is 6.92 Å². The summed E-state index contributed by atoms with van der Waals surface area (Å²) in [6, 6.07) is 30.0. The molecule has 0 amide bonds. The molecular formula is C30H30N2O5S. The van der Waals surface area contributed by atoms with Crippen LogP contribution in [0.3, 0.4) is 0 Å². The van der Waals surface area contributed by atoms with E-state index in [9.17, 15) is 13.8 Å². The van der Waals surface area contributed by atoms with Gasteiger partial charge in [0.05, 0.1) is 18.0 Å². The molecule has 4 aromatic rings. The van der Waals surface area contributed by atoms with Gasteiger partial charge in [-0.3, -0.25) is 18.6 Å². The summed E-state index contributed by atoms with van der Waals surface area (Å²) in [4.78, 5) is 26.8. The third-order valence-electron chi connectivity index (χ3n) is 7.07. The summed E-state index contributed by atoms with van der Waals surface area (Å²) < 4.78 is 27.4.